The van der Waals surface area contributed by atoms with Crippen molar-refractivity contribution >= 4 is 22.2 Å². The van der Waals surface area contributed by atoms with Gasteiger partial charge in [-0.15, -0.1) is 0 Å². The molecule has 34 heavy (non-hydrogen) atoms. The van der Waals surface area contributed by atoms with Gasteiger partial charge in [0.15, 0.2) is 5.65 Å². The maximum atomic E-state index is 5.10. The molecular weight excluding hydrogens is 418 g/mol. The van der Waals surface area contributed by atoms with Crippen molar-refractivity contribution in [1.82, 2.24) is 24.9 Å². The third-order valence-electron chi connectivity index (χ3n) is 5.96. The molecule has 0 aliphatic rings. The van der Waals surface area contributed by atoms with E-state index in [0.29, 0.717) is 5.65 Å². The minimum Gasteiger partial charge on any atom is -0.248 e. The average Bonchev–Trinajstić information content (AvgIpc) is 2.89. The Morgan fingerprint density at radius 3 is 1.79 bits per heavy atom. The van der Waals surface area contributed by atoms with Gasteiger partial charge in [-0.05, 0) is 37.1 Å². The molecule has 0 aliphatic carbocycles. The number of para-hydroxylation sites is 2. The molecule has 0 spiro atoms. The van der Waals surface area contributed by atoms with Crippen LogP contribution in [0, 0.1) is 13.8 Å². The second-order valence-corrected chi connectivity index (χ2v) is 8.29. The summed E-state index contributed by atoms with van der Waals surface area (Å²) in [4.78, 5) is 24.6. The van der Waals surface area contributed by atoms with Crippen molar-refractivity contribution in [3.63, 3.8) is 0 Å². The van der Waals surface area contributed by atoms with Crippen LogP contribution in [0.5, 0.6) is 0 Å². The molecule has 0 fully saturated rings. The van der Waals surface area contributed by atoms with Crippen LogP contribution in [0.25, 0.3) is 56.0 Å². The molecule has 3 aromatic carbocycles. The van der Waals surface area contributed by atoms with E-state index in [0.717, 1.165) is 61.6 Å². The van der Waals surface area contributed by atoms with Gasteiger partial charge in [-0.3, -0.25) is 0 Å². The summed E-state index contributed by atoms with van der Waals surface area (Å²) in [6.45, 7) is 4.03. The predicted octanol–water partition coefficient (Wildman–Crippen LogP) is 6.59. The van der Waals surface area contributed by atoms with Crippen molar-refractivity contribution in [3.8, 4) is 33.8 Å². The molecule has 0 radical (unpaired) electrons. The third kappa shape index (κ3) is 3.39. The van der Waals surface area contributed by atoms with E-state index in [1.165, 1.54) is 0 Å². The summed E-state index contributed by atoms with van der Waals surface area (Å²) < 4.78 is 0. The van der Waals surface area contributed by atoms with Crippen LogP contribution in [-0.4, -0.2) is 24.9 Å². The monoisotopic (exact) mass is 439 g/mol. The fourth-order valence-corrected chi connectivity index (χ4v) is 4.35. The Bertz CT molecular complexity index is 1660. The van der Waals surface area contributed by atoms with Crippen molar-refractivity contribution in [2.75, 3.05) is 0 Å². The van der Waals surface area contributed by atoms with Crippen LogP contribution in [0.4, 0.5) is 0 Å². The standard InChI is InChI=1S/C29H21N5/c1-18-17-30-29-25(31-18)19(2)24(20-11-5-3-6-12-20)27(34-29)28-26(21-13-7-4-8-14-21)32-22-15-9-10-16-23(22)33-28/h3-17H,1-2H3. The molecule has 5 nitrogen and oxygen atoms in total. The van der Waals surface area contributed by atoms with E-state index in [9.17, 15) is 0 Å². The van der Waals surface area contributed by atoms with Crippen LogP contribution in [0.2, 0.25) is 0 Å². The van der Waals surface area contributed by atoms with E-state index < -0.39 is 0 Å². The summed E-state index contributed by atoms with van der Waals surface area (Å²) in [5, 5.41) is 0. The van der Waals surface area contributed by atoms with Gasteiger partial charge in [0, 0.05) is 11.1 Å². The summed E-state index contributed by atoms with van der Waals surface area (Å²) in [5.41, 5.74) is 10.3. The number of aromatic nitrogens is 5. The number of aryl methyl sites for hydroxylation is 2. The van der Waals surface area contributed by atoms with Gasteiger partial charge in [0.05, 0.1) is 28.6 Å². The lowest BCUT2D eigenvalue weighted by Crippen LogP contribution is -2.03. The third-order valence-corrected chi connectivity index (χ3v) is 5.96. The van der Waals surface area contributed by atoms with Crippen LogP contribution in [-0.2, 0) is 0 Å². The first-order valence-corrected chi connectivity index (χ1v) is 11.2. The molecule has 6 rings (SSSR count). The Morgan fingerprint density at radius 2 is 1.12 bits per heavy atom. The molecule has 0 bridgehead atoms. The number of rotatable bonds is 3. The first-order valence-electron chi connectivity index (χ1n) is 11.2. The van der Waals surface area contributed by atoms with Crippen LogP contribution in [0.1, 0.15) is 11.3 Å². The van der Waals surface area contributed by atoms with E-state index in [1.807, 2.05) is 67.6 Å². The largest absolute Gasteiger partial charge is 0.248 e. The van der Waals surface area contributed by atoms with Gasteiger partial charge in [-0.1, -0.05) is 72.8 Å². The molecule has 6 aromatic rings. The van der Waals surface area contributed by atoms with Crippen LogP contribution >= 0.6 is 0 Å². The Morgan fingerprint density at radius 1 is 0.529 bits per heavy atom. The first-order chi connectivity index (χ1) is 16.7. The zero-order valence-corrected chi connectivity index (χ0v) is 18.9. The number of hydrogen-bond donors (Lipinski definition) is 0. The molecule has 162 valence electrons. The number of nitrogens with zero attached hydrogens (tertiary/aromatic N) is 5. The molecule has 3 aromatic heterocycles. The van der Waals surface area contributed by atoms with Gasteiger partial charge in [0.25, 0.3) is 0 Å². The van der Waals surface area contributed by atoms with Crippen molar-refractivity contribution in [2.24, 2.45) is 0 Å². The minimum atomic E-state index is 0.603. The Hall–Kier alpha value is -4.51. The summed E-state index contributed by atoms with van der Waals surface area (Å²) in [6.07, 6.45) is 1.75. The summed E-state index contributed by atoms with van der Waals surface area (Å²) in [5.74, 6) is 0. The molecule has 0 unspecified atom stereocenters. The summed E-state index contributed by atoms with van der Waals surface area (Å²) in [6, 6.07) is 28.4. The Labute approximate surface area is 197 Å². The predicted molar refractivity (Wildman–Crippen MR) is 136 cm³/mol. The topological polar surface area (TPSA) is 64.5 Å². The van der Waals surface area contributed by atoms with E-state index in [4.69, 9.17) is 19.9 Å². The Kier molecular flexibility index (Phi) is 4.81. The molecule has 0 amide bonds. The van der Waals surface area contributed by atoms with E-state index >= 15 is 0 Å². The zero-order valence-electron chi connectivity index (χ0n) is 18.9. The van der Waals surface area contributed by atoms with E-state index in [-0.39, 0.29) is 0 Å². The Balaban J connectivity index is 1.76. The summed E-state index contributed by atoms with van der Waals surface area (Å²) >= 11 is 0. The van der Waals surface area contributed by atoms with Crippen molar-refractivity contribution in [1.29, 1.82) is 0 Å². The quantitative estimate of drug-likeness (QED) is 0.311. The molecule has 0 saturated heterocycles. The highest BCUT2D eigenvalue weighted by Gasteiger charge is 2.22. The molecule has 5 heteroatoms. The van der Waals surface area contributed by atoms with Gasteiger partial charge >= 0.3 is 0 Å². The molecular formula is C29H21N5. The van der Waals surface area contributed by atoms with Gasteiger partial charge in [-0.2, -0.15) is 0 Å². The SMILES string of the molecule is Cc1cnc2nc(-c3nc4ccccc4nc3-c3ccccc3)c(-c3ccccc3)c(C)c2n1. The lowest BCUT2D eigenvalue weighted by molar-refractivity contribution is 1.14. The highest BCUT2D eigenvalue weighted by molar-refractivity contribution is 5.96. The zero-order chi connectivity index (χ0) is 23.1. The molecule has 0 atom stereocenters. The lowest BCUT2D eigenvalue weighted by atomic mass is 9.94. The molecule has 0 aliphatic heterocycles. The minimum absolute atomic E-state index is 0.603. The average molecular weight is 440 g/mol. The number of fused-ring (bicyclic) bond motifs is 2. The molecule has 0 saturated carbocycles. The maximum absolute atomic E-state index is 5.10. The smallest absolute Gasteiger partial charge is 0.179 e. The van der Waals surface area contributed by atoms with Gasteiger partial charge in [0.2, 0.25) is 0 Å². The van der Waals surface area contributed by atoms with Crippen molar-refractivity contribution in [2.45, 2.75) is 13.8 Å². The van der Waals surface area contributed by atoms with Crippen molar-refractivity contribution in [3.05, 3.63) is 102 Å². The highest BCUT2D eigenvalue weighted by Crippen LogP contribution is 2.39. The van der Waals surface area contributed by atoms with Crippen LogP contribution in [0.3, 0.4) is 0 Å². The highest BCUT2D eigenvalue weighted by atomic mass is 14.9. The number of pyridine rings is 1. The maximum Gasteiger partial charge on any atom is 0.179 e. The fourth-order valence-electron chi connectivity index (χ4n) is 4.35. The van der Waals surface area contributed by atoms with Crippen LogP contribution < -0.4 is 0 Å². The fraction of sp³-hybridized carbons (Fsp3) is 0.0690. The summed E-state index contributed by atoms with van der Waals surface area (Å²) in [7, 11) is 0. The van der Waals surface area contributed by atoms with Gasteiger partial charge in [0.1, 0.15) is 16.9 Å². The second kappa shape index (κ2) is 8.12. The number of hydrogen-bond acceptors (Lipinski definition) is 5. The van der Waals surface area contributed by atoms with Crippen LogP contribution in [0.15, 0.2) is 91.1 Å². The van der Waals surface area contributed by atoms with E-state index in [1.54, 1.807) is 6.20 Å². The van der Waals surface area contributed by atoms with Crippen molar-refractivity contribution < 1.29 is 0 Å². The normalized spacial score (nSPS) is 11.2. The molecule has 3 heterocycles. The van der Waals surface area contributed by atoms with E-state index in [2.05, 4.69) is 36.2 Å². The molecule has 0 N–H and O–H groups in total. The number of benzene rings is 3. The second-order valence-electron chi connectivity index (χ2n) is 8.29. The lowest BCUT2D eigenvalue weighted by Gasteiger charge is -2.17. The van der Waals surface area contributed by atoms with Gasteiger partial charge in [-0.25, -0.2) is 24.9 Å². The van der Waals surface area contributed by atoms with Gasteiger partial charge < -0.3 is 0 Å². The first kappa shape index (κ1) is 20.1.